The molecule has 0 aliphatic carbocycles. The van der Waals surface area contributed by atoms with Crippen molar-refractivity contribution in [2.75, 3.05) is 24.2 Å². The summed E-state index contributed by atoms with van der Waals surface area (Å²) >= 11 is 1.25. The van der Waals surface area contributed by atoms with E-state index in [4.69, 9.17) is 0 Å². The van der Waals surface area contributed by atoms with Crippen molar-refractivity contribution < 1.29 is 9.59 Å². The van der Waals surface area contributed by atoms with Crippen molar-refractivity contribution in [3.63, 3.8) is 0 Å². The van der Waals surface area contributed by atoms with Crippen molar-refractivity contribution in [2.45, 2.75) is 13.5 Å². The molecule has 1 aromatic heterocycles. The van der Waals surface area contributed by atoms with Crippen molar-refractivity contribution in [2.24, 2.45) is 0 Å². The molecule has 2 amide bonds. The predicted octanol–water partition coefficient (Wildman–Crippen LogP) is 2.35. The highest BCUT2D eigenvalue weighted by Crippen LogP contribution is 2.17. The molecule has 1 aliphatic heterocycles. The topological polar surface area (TPSA) is 67.2 Å². The zero-order valence-corrected chi connectivity index (χ0v) is 13.7. The lowest BCUT2D eigenvalue weighted by molar-refractivity contribution is -0.116. The van der Waals surface area contributed by atoms with Gasteiger partial charge in [-0.3, -0.25) is 9.59 Å². The Kier molecular flexibility index (Phi) is 4.66. The lowest BCUT2D eigenvalue weighted by Crippen LogP contribution is -2.33. The monoisotopic (exact) mass is 330 g/mol. The Morgan fingerprint density at radius 1 is 1.35 bits per heavy atom. The number of nitrogens with one attached hydrogen (secondary N) is 1. The maximum absolute atomic E-state index is 12.2. The Hall–Kier alpha value is -2.28. The number of nitrogens with zero attached hydrogens (tertiary/aromatic N) is 3. The summed E-state index contributed by atoms with van der Waals surface area (Å²) < 4.78 is 1.77. The van der Waals surface area contributed by atoms with E-state index < -0.39 is 0 Å². The van der Waals surface area contributed by atoms with Gasteiger partial charge in [0, 0.05) is 18.4 Å². The lowest BCUT2D eigenvalue weighted by Gasteiger charge is -2.14. The maximum Gasteiger partial charge on any atom is 0.282 e. The number of carbonyl (C=O) groups is 2. The summed E-state index contributed by atoms with van der Waals surface area (Å²) in [5.41, 5.74) is 1.95. The van der Waals surface area contributed by atoms with Crippen LogP contribution in [-0.4, -0.2) is 44.7 Å². The Morgan fingerprint density at radius 3 is 2.83 bits per heavy atom. The zero-order valence-electron chi connectivity index (χ0n) is 12.9. The lowest BCUT2D eigenvalue weighted by atomic mass is 10.2. The third-order valence-corrected chi connectivity index (χ3v) is 4.42. The van der Waals surface area contributed by atoms with Gasteiger partial charge in [0.2, 0.25) is 5.91 Å². The van der Waals surface area contributed by atoms with E-state index in [9.17, 15) is 9.59 Å². The standard InChI is InChI=1S/C16H18N4O2S/c1-12-9-14(17-15(21)11-19-7-8-23-16(19)22)20(18-12)10-13-5-3-2-4-6-13/h2-6,9H,7-8,10-11H2,1H3,(H,17,21). The second kappa shape index (κ2) is 6.87. The fourth-order valence-electron chi connectivity index (χ4n) is 2.45. The number of amides is 2. The largest absolute Gasteiger partial charge is 0.323 e. The van der Waals surface area contributed by atoms with Crippen LogP contribution in [0.25, 0.3) is 0 Å². The number of benzene rings is 1. The first kappa shape index (κ1) is 15.6. The summed E-state index contributed by atoms with van der Waals surface area (Å²) in [6.45, 7) is 3.18. The molecular weight excluding hydrogens is 312 g/mol. The van der Waals surface area contributed by atoms with E-state index in [0.29, 0.717) is 18.9 Å². The van der Waals surface area contributed by atoms with Gasteiger partial charge in [-0.25, -0.2) is 4.68 Å². The molecule has 0 bridgehead atoms. The van der Waals surface area contributed by atoms with Gasteiger partial charge < -0.3 is 10.2 Å². The van der Waals surface area contributed by atoms with Crippen LogP contribution in [0.2, 0.25) is 0 Å². The van der Waals surface area contributed by atoms with Gasteiger partial charge in [-0.2, -0.15) is 5.10 Å². The molecule has 0 saturated carbocycles. The molecular formula is C16H18N4O2S. The third kappa shape index (κ3) is 3.92. The van der Waals surface area contributed by atoms with Gasteiger partial charge in [0.25, 0.3) is 5.24 Å². The number of rotatable bonds is 5. The number of hydrogen-bond donors (Lipinski definition) is 1. The fraction of sp³-hybridized carbons (Fsp3) is 0.312. The first-order valence-electron chi connectivity index (χ1n) is 7.42. The van der Waals surface area contributed by atoms with Crippen LogP contribution in [-0.2, 0) is 11.3 Å². The van der Waals surface area contributed by atoms with E-state index in [1.807, 2.05) is 43.3 Å². The number of aromatic nitrogens is 2. The molecule has 0 unspecified atom stereocenters. The molecule has 1 aromatic carbocycles. The van der Waals surface area contributed by atoms with Crippen LogP contribution in [0, 0.1) is 6.92 Å². The van der Waals surface area contributed by atoms with Crippen LogP contribution in [0.15, 0.2) is 36.4 Å². The first-order chi connectivity index (χ1) is 11.1. The summed E-state index contributed by atoms with van der Waals surface area (Å²) in [5, 5.41) is 7.25. The highest BCUT2D eigenvalue weighted by atomic mass is 32.2. The van der Waals surface area contributed by atoms with Gasteiger partial charge >= 0.3 is 0 Å². The molecule has 1 fully saturated rings. The van der Waals surface area contributed by atoms with Gasteiger partial charge in [-0.15, -0.1) is 0 Å². The van der Waals surface area contributed by atoms with Crippen LogP contribution in [0.5, 0.6) is 0 Å². The van der Waals surface area contributed by atoms with Crippen molar-refractivity contribution in [1.82, 2.24) is 14.7 Å². The molecule has 2 heterocycles. The molecule has 1 aliphatic rings. The van der Waals surface area contributed by atoms with Crippen LogP contribution in [0.4, 0.5) is 10.6 Å². The molecule has 2 aromatic rings. The molecule has 120 valence electrons. The molecule has 6 nitrogen and oxygen atoms in total. The highest BCUT2D eigenvalue weighted by molar-refractivity contribution is 8.13. The normalized spacial score (nSPS) is 14.3. The molecule has 0 spiro atoms. The Labute approximate surface area is 138 Å². The van der Waals surface area contributed by atoms with Crippen LogP contribution >= 0.6 is 11.8 Å². The summed E-state index contributed by atoms with van der Waals surface area (Å²) in [5.74, 6) is 1.20. The number of aryl methyl sites for hydroxylation is 1. The quantitative estimate of drug-likeness (QED) is 0.914. The predicted molar refractivity (Wildman–Crippen MR) is 90.6 cm³/mol. The van der Waals surface area contributed by atoms with Gasteiger partial charge in [0.1, 0.15) is 12.4 Å². The molecule has 0 radical (unpaired) electrons. The first-order valence-corrected chi connectivity index (χ1v) is 8.40. The van der Waals surface area contributed by atoms with Crippen molar-refractivity contribution in [3.05, 3.63) is 47.7 Å². The molecule has 0 atom stereocenters. The minimum Gasteiger partial charge on any atom is -0.323 e. The van der Waals surface area contributed by atoms with Gasteiger partial charge in [0.05, 0.1) is 12.2 Å². The minimum atomic E-state index is -0.199. The number of anilines is 1. The average Bonchev–Trinajstić information content (AvgIpc) is 3.06. The maximum atomic E-state index is 12.2. The Morgan fingerprint density at radius 2 is 2.13 bits per heavy atom. The number of thioether (sulfide) groups is 1. The molecule has 1 N–H and O–H groups in total. The second-order valence-corrected chi connectivity index (χ2v) is 6.44. The molecule has 3 rings (SSSR count). The Bertz CT molecular complexity index is 714. The fourth-order valence-corrected chi connectivity index (χ4v) is 3.27. The summed E-state index contributed by atoms with van der Waals surface area (Å²) in [6.07, 6.45) is 0. The zero-order chi connectivity index (χ0) is 16.2. The van der Waals surface area contributed by atoms with E-state index >= 15 is 0 Å². The van der Waals surface area contributed by atoms with E-state index in [0.717, 1.165) is 17.0 Å². The van der Waals surface area contributed by atoms with Crippen molar-refractivity contribution >= 4 is 28.7 Å². The highest BCUT2D eigenvalue weighted by Gasteiger charge is 2.23. The van der Waals surface area contributed by atoms with E-state index in [1.165, 1.54) is 11.8 Å². The van der Waals surface area contributed by atoms with Crippen LogP contribution < -0.4 is 5.32 Å². The summed E-state index contributed by atoms with van der Waals surface area (Å²) in [7, 11) is 0. The van der Waals surface area contributed by atoms with E-state index in [1.54, 1.807) is 9.58 Å². The third-order valence-electron chi connectivity index (χ3n) is 3.52. The summed E-state index contributed by atoms with van der Waals surface area (Å²) in [6, 6.07) is 11.8. The van der Waals surface area contributed by atoms with Crippen LogP contribution in [0.3, 0.4) is 0 Å². The SMILES string of the molecule is Cc1cc(NC(=O)CN2CCSC2=O)n(Cc2ccccc2)n1. The van der Waals surface area contributed by atoms with Gasteiger partial charge in [-0.05, 0) is 12.5 Å². The van der Waals surface area contributed by atoms with E-state index in [2.05, 4.69) is 10.4 Å². The number of hydrogen-bond acceptors (Lipinski definition) is 4. The summed E-state index contributed by atoms with van der Waals surface area (Å²) in [4.78, 5) is 25.3. The van der Waals surface area contributed by atoms with Crippen molar-refractivity contribution in [3.8, 4) is 0 Å². The van der Waals surface area contributed by atoms with Crippen LogP contribution in [0.1, 0.15) is 11.3 Å². The minimum absolute atomic E-state index is 0.0332. The number of carbonyl (C=O) groups excluding carboxylic acids is 2. The van der Waals surface area contributed by atoms with Crippen molar-refractivity contribution in [1.29, 1.82) is 0 Å². The smallest absolute Gasteiger partial charge is 0.282 e. The molecule has 7 heteroatoms. The second-order valence-electron chi connectivity index (χ2n) is 5.40. The van der Waals surface area contributed by atoms with Gasteiger partial charge in [0.15, 0.2) is 0 Å². The molecule has 23 heavy (non-hydrogen) atoms. The van der Waals surface area contributed by atoms with Gasteiger partial charge in [-0.1, -0.05) is 42.1 Å². The molecule has 1 saturated heterocycles. The average molecular weight is 330 g/mol. The van der Waals surface area contributed by atoms with E-state index in [-0.39, 0.29) is 17.7 Å². The Balaban J connectivity index is 1.67.